The molecule has 1 aliphatic rings. The molecule has 1 saturated heterocycles. The van der Waals surface area contributed by atoms with Crippen molar-refractivity contribution in [2.24, 2.45) is 10.7 Å². The molecule has 0 aromatic carbocycles. The van der Waals surface area contributed by atoms with Crippen molar-refractivity contribution in [3.8, 4) is 0 Å². The molecule has 0 bridgehead atoms. The molecule has 18 heavy (non-hydrogen) atoms. The average Bonchev–Trinajstić information content (AvgIpc) is 2.28. The monoisotopic (exact) mass is 271 g/mol. The summed E-state index contributed by atoms with van der Waals surface area (Å²) in [6.07, 6.45) is 0. The molecular formula is C11H18ClN5O. The van der Waals surface area contributed by atoms with Crippen molar-refractivity contribution in [2.45, 2.75) is 13.8 Å². The standard InChI is InChI=1S/C11H17N5O.ClH/c1-8-7-9(2)14-11(13-8)15-10(12)16-3-5-17-6-4-16;/h7H,3-6H2,1-2H3,(H2,12,13,14,15);1H. The fourth-order valence-corrected chi connectivity index (χ4v) is 1.72. The second-order valence-corrected chi connectivity index (χ2v) is 4.02. The van der Waals surface area contributed by atoms with Crippen LogP contribution in [0.25, 0.3) is 0 Å². The zero-order valence-corrected chi connectivity index (χ0v) is 11.4. The van der Waals surface area contributed by atoms with E-state index in [1.54, 1.807) is 0 Å². The maximum Gasteiger partial charge on any atom is 0.253 e. The van der Waals surface area contributed by atoms with Gasteiger partial charge in [-0.25, -0.2) is 9.97 Å². The van der Waals surface area contributed by atoms with E-state index in [9.17, 15) is 0 Å². The smallest absolute Gasteiger partial charge is 0.253 e. The summed E-state index contributed by atoms with van der Waals surface area (Å²) in [5.74, 6) is 0.879. The highest BCUT2D eigenvalue weighted by Crippen LogP contribution is 2.08. The van der Waals surface area contributed by atoms with Gasteiger partial charge in [0.25, 0.3) is 5.95 Å². The summed E-state index contributed by atoms with van der Waals surface area (Å²) in [7, 11) is 0. The van der Waals surface area contributed by atoms with E-state index in [2.05, 4.69) is 15.0 Å². The van der Waals surface area contributed by atoms with Crippen LogP contribution in [0, 0.1) is 13.8 Å². The number of halogens is 1. The molecule has 0 aliphatic carbocycles. The second-order valence-electron chi connectivity index (χ2n) is 4.02. The van der Waals surface area contributed by atoms with Crippen LogP contribution in [0.15, 0.2) is 11.1 Å². The topological polar surface area (TPSA) is 76.6 Å². The highest BCUT2D eigenvalue weighted by atomic mass is 35.5. The minimum absolute atomic E-state index is 0. The summed E-state index contributed by atoms with van der Waals surface area (Å²) in [5.41, 5.74) is 7.71. The van der Waals surface area contributed by atoms with E-state index in [0.29, 0.717) is 25.1 Å². The lowest BCUT2D eigenvalue weighted by Crippen LogP contribution is -2.44. The molecule has 100 valence electrons. The second kappa shape index (κ2) is 6.51. The Morgan fingerprint density at radius 1 is 1.28 bits per heavy atom. The first-order chi connectivity index (χ1) is 8.15. The highest BCUT2D eigenvalue weighted by Gasteiger charge is 2.12. The van der Waals surface area contributed by atoms with Crippen LogP contribution in [0.1, 0.15) is 11.4 Å². The number of rotatable bonds is 1. The molecule has 2 N–H and O–H groups in total. The van der Waals surface area contributed by atoms with Crippen molar-refractivity contribution in [1.29, 1.82) is 0 Å². The number of nitrogens with two attached hydrogens (primary N) is 1. The molecule has 2 heterocycles. The largest absolute Gasteiger partial charge is 0.378 e. The van der Waals surface area contributed by atoms with Gasteiger partial charge in [0.05, 0.1) is 13.2 Å². The summed E-state index contributed by atoms with van der Waals surface area (Å²) >= 11 is 0. The van der Waals surface area contributed by atoms with Crippen LogP contribution in [0.4, 0.5) is 5.95 Å². The molecule has 1 aromatic heterocycles. The molecule has 0 saturated carbocycles. The summed E-state index contributed by atoms with van der Waals surface area (Å²) in [6, 6.07) is 1.91. The average molecular weight is 272 g/mol. The number of aliphatic imine (C=N–C) groups is 1. The molecule has 0 amide bonds. The Morgan fingerprint density at radius 2 is 1.83 bits per heavy atom. The molecule has 0 unspecified atom stereocenters. The van der Waals surface area contributed by atoms with Gasteiger partial charge in [-0.3, -0.25) is 0 Å². The van der Waals surface area contributed by atoms with Gasteiger partial charge in [-0.1, -0.05) is 0 Å². The van der Waals surface area contributed by atoms with Crippen molar-refractivity contribution in [1.82, 2.24) is 14.9 Å². The Labute approximate surface area is 113 Å². The third-order valence-corrected chi connectivity index (χ3v) is 2.52. The fourth-order valence-electron chi connectivity index (χ4n) is 1.72. The van der Waals surface area contributed by atoms with E-state index < -0.39 is 0 Å². The lowest BCUT2D eigenvalue weighted by molar-refractivity contribution is 0.0675. The minimum atomic E-state index is 0. The van der Waals surface area contributed by atoms with E-state index in [4.69, 9.17) is 10.5 Å². The molecule has 1 aliphatic heterocycles. The Kier molecular flexibility index (Phi) is 5.30. The molecule has 0 spiro atoms. The quantitative estimate of drug-likeness (QED) is 0.604. The number of hydrogen-bond acceptors (Lipinski definition) is 4. The number of nitrogens with zero attached hydrogens (tertiary/aromatic N) is 4. The molecular weight excluding hydrogens is 254 g/mol. The predicted molar refractivity (Wildman–Crippen MR) is 72.4 cm³/mol. The predicted octanol–water partition coefficient (Wildman–Crippen LogP) is 0.794. The summed E-state index contributed by atoms with van der Waals surface area (Å²) in [5, 5.41) is 0. The first-order valence-electron chi connectivity index (χ1n) is 5.64. The highest BCUT2D eigenvalue weighted by molar-refractivity contribution is 5.85. The Bertz CT molecular complexity index is 411. The molecule has 2 rings (SSSR count). The van der Waals surface area contributed by atoms with Gasteiger partial charge in [0.15, 0.2) is 5.96 Å². The SMILES string of the molecule is Cc1cc(C)nc(/N=C(\N)N2CCOCC2)n1.Cl. The van der Waals surface area contributed by atoms with Crippen molar-refractivity contribution >= 4 is 24.3 Å². The van der Waals surface area contributed by atoms with E-state index >= 15 is 0 Å². The molecule has 0 radical (unpaired) electrons. The lowest BCUT2D eigenvalue weighted by atomic mass is 10.4. The third-order valence-electron chi connectivity index (χ3n) is 2.52. The fraction of sp³-hybridized carbons (Fsp3) is 0.545. The normalized spacial score (nSPS) is 16.3. The van der Waals surface area contributed by atoms with Gasteiger partial charge in [0.2, 0.25) is 0 Å². The number of guanidine groups is 1. The van der Waals surface area contributed by atoms with Gasteiger partial charge in [0.1, 0.15) is 0 Å². The zero-order valence-electron chi connectivity index (χ0n) is 10.6. The first kappa shape index (κ1) is 14.7. The molecule has 1 aromatic rings. The number of hydrogen-bond donors (Lipinski definition) is 1. The van der Waals surface area contributed by atoms with Crippen LogP contribution >= 0.6 is 12.4 Å². The van der Waals surface area contributed by atoms with Crippen molar-refractivity contribution in [2.75, 3.05) is 26.3 Å². The zero-order chi connectivity index (χ0) is 12.3. The number of morpholine rings is 1. The van der Waals surface area contributed by atoms with Gasteiger partial charge in [-0.2, -0.15) is 4.99 Å². The van der Waals surface area contributed by atoms with Crippen molar-refractivity contribution < 1.29 is 4.74 Å². The first-order valence-corrected chi connectivity index (χ1v) is 5.64. The maximum atomic E-state index is 5.92. The van der Waals surface area contributed by atoms with Crippen LogP contribution < -0.4 is 5.73 Å². The summed E-state index contributed by atoms with van der Waals surface area (Å²) < 4.78 is 5.25. The van der Waals surface area contributed by atoms with Gasteiger partial charge in [-0.05, 0) is 19.9 Å². The van der Waals surface area contributed by atoms with E-state index in [0.717, 1.165) is 24.5 Å². The van der Waals surface area contributed by atoms with Crippen LogP contribution in [0.2, 0.25) is 0 Å². The van der Waals surface area contributed by atoms with Gasteiger partial charge < -0.3 is 15.4 Å². The van der Waals surface area contributed by atoms with E-state index in [-0.39, 0.29) is 12.4 Å². The van der Waals surface area contributed by atoms with Crippen molar-refractivity contribution in [3.05, 3.63) is 17.5 Å². The van der Waals surface area contributed by atoms with Gasteiger partial charge in [-0.15, -0.1) is 12.4 Å². The summed E-state index contributed by atoms with van der Waals surface area (Å²) in [4.78, 5) is 14.7. The van der Waals surface area contributed by atoms with Crippen molar-refractivity contribution in [3.63, 3.8) is 0 Å². The molecule has 1 fully saturated rings. The van der Waals surface area contributed by atoms with Gasteiger partial charge >= 0.3 is 0 Å². The van der Waals surface area contributed by atoms with Gasteiger partial charge in [0, 0.05) is 24.5 Å². The van der Waals surface area contributed by atoms with E-state index in [1.165, 1.54) is 0 Å². The van der Waals surface area contributed by atoms with Crippen LogP contribution in [-0.2, 0) is 4.74 Å². The number of aryl methyl sites for hydroxylation is 2. The number of ether oxygens (including phenoxy) is 1. The third kappa shape index (κ3) is 3.82. The Morgan fingerprint density at radius 3 is 2.39 bits per heavy atom. The van der Waals surface area contributed by atoms with Crippen LogP contribution in [-0.4, -0.2) is 47.1 Å². The Balaban J connectivity index is 0.00000162. The summed E-state index contributed by atoms with van der Waals surface area (Å²) in [6.45, 7) is 6.73. The maximum absolute atomic E-state index is 5.92. The molecule has 6 nitrogen and oxygen atoms in total. The van der Waals surface area contributed by atoms with Crippen LogP contribution in [0.3, 0.4) is 0 Å². The molecule has 7 heteroatoms. The van der Waals surface area contributed by atoms with E-state index in [1.807, 2.05) is 24.8 Å². The lowest BCUT2D eigenvalue weighted by Gasteiger charge is -2.27. The number of aromatic nitrogens is 2. The van der Waals surface area contributed by atoms with Crippen LogP contribution in [0.5, 0.6) is 0 Å². The Hall–Kier alpha value is -1.40. The minimum Gasteiger partial charge on any atom is -0.378 e. The molecule has 0 atom stereocenters.